The molecule has 106 valence electrons. The minimum atomic E-state index is -4.01. The van der Waals surface area contributed by atoms with Crippen LogP contribution in [0.3, 0.4) is 0 Å². The Kier molecular flexibility index (Phi) is 5.24. The summed E-state index contributed by atoms with van der Waals surface area (Å²) in [5, 5.41) is 0.00934. The van der Waals surface area contributed by atoms with Crippen LogP contribution in [0.1, 0.15) is 36.2 Å². The third kappa shape index (κ3) is 4.09. The first-order valence-corrected chi connectivity index (χ1v) is 8.31. The quantitative estimate of drug-likeness (QED) is 0.628. The van der Waals surface area contributed by atoms with E-state index in [1.807, 2.05) is 6.92 Å². The second kappa shape index (κ2) is 6.11. The topological polar surface area (TPSA) is 60.4 Å². The lowest BCUT2D eigenvalue weighted by molar-refractivity contribution is 0.0334. The molecular formula is C12H14Cl2O4S. The van der Waals surface area contributed by atoms with E-state index in [0.29, 0.717) is 12.0 Å². The zero-order valence-electron chi connectivity index (χ0n) is 10.7. The van der Waals surface area contributed by atoms with Crippen LogP contribution in [0.25, 0.3) is 0 Å². The van der Waals surface area contributed by atoms with Crippen LogP contribution < -0.4 is 0 Å². The number of carbonyl (C=O) groups is 1. The summed E-state index contributed by atoms with van der Waals surface area (Å²) in [4.78, 5) is 11.6. The van der Waals surface area contributed by atoms with Gasteiger partial charge in [-0.2, -0.15) is 0 Å². The Hall–Kier alpha value is -0.780. The molecule has 1 aromatic rings. The number of carbonyl (C=O) groups excluding carboxylic acids is 1. The van der Waals surface area contributed by atoms with Crippen molar-refractivity contribution in [1.82, 2.24) is 0 Å². The lowest BCUT2D eigenvalue weighted by Crippen LogP contribution is -2.14. The highest BCUT2D eigenvalue weighted by atomic mass is 35.7. The first-order valence-electron chi connectivity index (χ1n) is 5.62. The molecule has 4 nitrogen and oxygen atoms in total. The van der Waals surface area contributed by atoms with Crippen molar-refractivity contribution in [3.63, 3.8) is 0 Å². The average molecular weight is 325 g/mol. The lowest BCUT2D eigenvalue weighted by atomic mass is 10.1. The summed E-state index contributed by atoms with van der Waals surface area (Å²) in [5.41, 5.74) is 0.556. The average Bonchev–Trinajstić information content (AvgIpc) is 2.30. The fourth-order valence-electron chi connectivity index (χ4n) is 1.37. The molecule has 0 aliphatic heterocycles. The van der Waals surface area contributed by atoms with Gasteiger partial charge in [0.15, 0.2) is 0 Å². The highest BCUT2D eigenvalue weighted by molar-refractivity contribution is 8.13. The van der Waals surface area contributed by atoms with Crippen molar-refractivity contribution >= 4 is 37.3 Å². The Labute approximate surface area is 122 Å². The van der Waals surface area contributed by atoms with Crippen LogP contribution in [-0.4, -0.2) is 20.5 Å². The molecule has 1 unspecified atom stereocenters. The second-order valence-electron chi connectivity index (χ2n) is 4.17. The highest BCUT2D eigenvalue weighted by Crippen LogP contribution is 2.29. The zero-order valence-corrected chi connectivity index (χ0v) is 13.1. The van der Waals surface area contributed by atoms with Crippen LogP contribution in [0.5, 0.6) is 0 Å². The fourth-order valence-corrected chi connectivity index (χ4v) is 2.91. The number of rotatable bonds is 4. The first-order chi connectivity index (χ1) is 8.66. The second-order valence-corrected chi connectivity index (χ2v) is 7.08. The molecule has 19 heavy (non-hydrogen) atoms. The molecule has 0 amide bonds. The Balaban J connectivity index is 3.25. The zero-order chi connectivity index (χ0) is 14.8. The molecule has 0 aliphatic carbocycles. The van der Waals surface area contributed by atoms with Gasteiger partial charge in [0.25, 0.3) is 9.05 Å². The monoisotopic (exact) mass is 324 g/mol. The van der Waals surface area contributed by atoms with Gasteiger partial charge in [0, 0.05) is 10.7 Å². The number of ether oxygens (including phenoxy) is 1. The summed E-state index contributed by atoms with van der Waals surface area (Å²) >= 11 is 5.87. The van der Waals surface area contributed by atoms with E-state index >= 15 is 0 Å². The fraction of sp³-hybridized carbons (Fsp3) is 0.417. The molecule has 0 saturated heterocycles. The summed E-state index contributed by atoms with van der Waals surface area (Å²) in [7, 11) is 1.27. The smallest absolute Gasteiger partial charge is 0.338 e. The van der Waals surface area contributed by atoms with Crippen LogP contribution in [0.2, 0.25) is 5.02 Å². The molecular weight excluding hydrogens is 311 g/mol. The van der Waals surface area contributed by atoms with Crippen molar-refractivity contribution in [3.8, 4) is 0 Å². The van der Waals surface area contributed by atoms with E-state index in [1.54, 1.807) is 13.8 Å². The number of benzene rings is 1. The van der Waals surface area contributed by atoms with Crippen LogP contribution in [-0.2, 0) is 13.8 Å². The minimum Gasteiger partial charge on any atom is -0.459 e. The third-order valence-electron chi connectivity index (χ3n) is 2.60. The van der Waals surface area contributed by atoms with Crippen molar-refractivity contribution in [1.29, 1.82) is 0 Å². The van der Waals surface area contributed by atoms with Gasteiger partial charge in [-0.1, -0.05) is 18.5 Å². The van der Waals surface area contributed by atoms with E-state index < -0.39 is 15.0 Å². The maximum Gasteiger partial charge on any atom is 0.338 e. The maximum atomic E-state index is 11.9. The molecule has 0 saturated carbocycles. The first kappa shape index (κ1) is 16.3. The third-order valence-corrected chi connectivity index (χ3v) is 4.56. The molecule has 0 heterocycles. The summed E-state index contributed by atoms with van der Waals surface area (Å²) in [6.45, 7) is 5.22. The van der Waals surface area contributed by atoms with Gasteiger partial charge in [0.05, 0.1) is 16.7 Å². The van der Waals surface area contributed by atoms with Gasteiger partial charge < -0.3 is 4.74 Å². The lowest BCUT2D eigenvalue weighted by Gasteiger charge is -2.12. The molecule has 1 rings (SSSR count). The van der Waals surface area contributed by atoms with Gasteiger partial charge in [-0.05, 0) is 38.0 Å². The van der Waals surface area contributed by atoms with Gasteiger partial charge in [-0.15, -0.1) is 0 Å². The van der Waals surface area contributed by atoms with Crippen molar-refractivity contribution < 1.29 is 17.9 Å². The Morgan fingerprint density at radius 3 is 2.47 bits per heavy atom. The van der Waals surface area contributed by atoms with Crippen LogP contribution in [0.4, 0.5) is 0 Å². The van der Waals surface area contributed by atoms with Crippen LogP contribution in [0, 0.1) is 6.92 Å². The molecule has 0 bridgehead atoms. The Bertz CT molecular complexity index is 596. The van der Waals surface area contributed by atoms with Gasteiger partial charge >= 0.3 is 5.97 Å². The molecule has 0 spiro atoms. The SMILES string of the molecule is CCC(C)OC(=O)c1cc(C)c(Cl)c(S(=O)(=O)Cl)c1. The minimum absolute atomic E-state index is 0.00934. The van der Waals surface area contributed by atoms with E-state index in [1.165, 1.54) is 6.07 Å². The summed E-state index contributed by atoms with van der Waals surface area (Å²) in [6.07, 6.45) is 0.415. The van der Waals surface area contributed by atoms with Gasteiger partial charge in [-0.3, -0.25) is 0 Å². The van der Waals surface area contributed by atoms with E-state index in [4.69, 9.17) is 27.0 Å². The molecule has 0 aliphatic rings. The van der Waals surface area contributed by atoms with Crippen LogP contribution >= 0.6 is 22.3 Å². The highest BCUT2D eigenvalue weighted by Gasteiger charge is 2.21. The Morgan fingerprint density at radius 1 is 1.42 bits per heavy atom. The number of esters is 1. The molecule has 0 radical (unpaired) electrons. The summed E-state index contributed by atoms with van der Waals surface area (Å²) in [6, 6.07) is 2.60. The van der Waals surface area contributed by atoms with Crippen LogP contribution in [0.15, 0.2) is 17.0 Å². The van der Waals surface area contributed by atoms with E-state index in [-0.39, 0.29) is 21.6 Å². The normalized spacial score (nSPS) is 13.1. The molecule has 0 fully saturated rings. The number of aryl methyl sites for hydroxylation is 1. The van der Waals surface area contributed by atoms with E-state index in [0.717, 1.165) is 6.07 Å². The predicted octanol–water partition coefficient (Wildman–Crippen LogP) is 3.53. The molecule has 1 aromatic carbocycles. The largest absolute Gasteiger partial charge is 0.459 e. The van der Waals surface area contributed by atoms with Gasteiger partial charge in [0.2, 0.25) is 0 Å². The van der Waals surface area contributed by atoms with Crippen molar-refractivity contribution in [2.75, 3.05) is 0 Å². The molecule has 0 aromatic heterocycles. The van der Waals surface area contributed by atoms with E-state index in [2.05, 4.69) is 0 Å². The molecule has 1 atom stereocenters. The van der Waals surface area contributed by atoms with Gasteiger partial charge in [0.1, 0.15) is 4.90 Å². The standard InChI is InChI=1S/C12H14Cl2O4S/c1-4-8(3)18-12(15)9-5-7(2)11(13)10(6-9)19(14,16)17/h5-6,8H,4H2,1-3H3. The van der Waals surface area contributed by atoms with Gasteiger partial charge in [-0.25, -0.2) is 13.2 Å². The van der Waals surface area contributed by atoms with E-state index in [9.17, 15) is 13.2 Å². The van der Waals surface area contributed by atoms with Crippen molar-refractivity contribution in [2.24, 2.45) is 0 Å². The van der Waals surface area contributed by atoms with Crippen molar-refractivity contribution in [2.45, 2.75) is 38.2 Å². The Morgan fingerprint density at radius 2 is 2.00 bits per heavy atom. The number of hydrogen-bond donors (Lipinski definition) is 0. The molecule has 0 N–H and O–H groups in total. The summed E-state index contributed by atoms with van der Waals surface area (Å²) < 4.78 is 27.9. The molecule has 7 heteroatoms. The summed E-state index contributed by atoms with van der Waals surface area (Å²) in [5.74, 6) is -0.601. The predicted molar refractivity (Wildman–Crippen MR) is 74.4 cm³/mol. The maximum absolute atomic E-state index is 11.9. The number of halogens is 2. The number of hydrogen-bond acceptors (Lipinski definition) is 4. The van der Waals surface area contributed by atoms with Crippen molar-refractivity contribution in [3.05, 3.63) is 28.3 Å².